The van der Waals surface area contributed by atoms with E-state index < -0.39 is 10.8 Å². The van der Waals surface area contributed by atoms with E-state index in [1.165, 1.54) is 24.8 Å². The Kier molecular flexibility index (Phi) is 5.97. The van der Waals surface area contributed by atoms with Gasteiger partial charge in [0.1, 0.15) is 5.75 Å². The first kappa shape index (κ1) is 16.2. The quantitative estimate of drug-likeness (QED) is 0.909. The van der Waals surface area contributed by atoms with Gasteiger partial charge in [-0.25, -0.2) is 0 Å². The van der Waals surface area contributed by atoms with E-state index in [1.54, 1.807) is 0 Å². The Labute approximate surface area is 130 Å². The molecule has 0 bridgehead atoms. The maximum atomic E-state index is 12.2. The SMILES string of the molecule is Cc1ccc(C)c(C[S@](=O)CC(=O)NC2CCCCC2)c1. The van der Waals surface area contributed by atoms with Crippen LogP contribution in [0.5, 0.6) is 0 Å². The van der Waals surface area contributed by atoms with Crippen molar-refractivity contribution < 1.29 is 9.00 Å². The fourth-order valence-electron chi connectivity index (χ4n) is 2.84. The fourth-order valence-corrected chi connectivity index (χ4v) is 3.98. The predicted octanol–water partition coefficient (Wildman–Crippen LogP) is 3.00. The number of carbonyl (C=O) groups is 1. The van der Waals surface area contributed by atoms with Crippen molar-refractivity contribution in [3.05, 3.63) is 34.9 Å². The molecule has 0 aliphatic heterocycles. The van der Waals surface area contributed by atoms with Gasteiger partial charge in [-0.05, 0) is 37.8 Å². The topological polar surface area (TPSA) is 46.2 Å². The van der Waals surface area contributed by atoms with E-state index in [9.17, 15) is 9.00 Å². The number of rotatable bonds is 5. The normalized spacial score (nSPS) is 17.4. The zero-order valence-corrected chi connectivity index (χ0v) is 13.8. The van der Waals surface area contributed by atoms with E-state index in [-0.39, 0.29) is 11.7 Å². The average Bonchev–Trinajstić information content (AvgIpc) is 2.43. The van der Waals surface area contributed by atoms with Gasteiger partial charge >= 0.3 is 0 Å². The molecule has 1 aromatic rings. The van der Waals surface area contributed by atoms with Crippen molar-refractivity contribution in [2.45, 2.75) is 57.7 Å². The lowest BCUT2D eigenvalue weighted by atomic mass is 9.95. The standard InChI is InChI=1S/C17H25NO2S/c1-13-8-9-14(2)15(10-13)11-21(20)12-17(19)18-16-6-4-3-5-7-16/h8-10,16H,3-7,11-12H2,1-2H3,(H,18,19)/t21-/m0/s1. The molecule has 0 unspecified atom stereocenters. The van der Waals surface area contributed by atoms with Crippen LogP contribution in [0.4, 0.5) is 0 Å². The van der Waals surface area contributed by atoms with E-state index >= 15 is 0 Å². The highest BCUT2D eigenvalue weighted by Gasteiger charge is 2.17. The third kappa shape index (κ3) is 5.27. The Morgan fingerprint density at radius 3 is 2.67 bits per heavy atom. The van der Waals surface area contributed by atoms with Crippen molar-refractivity contribution in [1.82, 2.24) is 5.32 Å². The van der Waals surface area contributed by atoms with Crippen LogP contribution in [-0.2, 0) is 21.3 Å². The lowest BCUT2D eigenvalue weighted by Gasteiger charge is -2.22. The molecule has 1 amide bonds. The van der Waals surface area contributed by atoms with Crippen molar-refractivity contribution in [2.24, 2.45) is 0 Å². The van der Waals surface area contributed by atoms with Crippen LogP contribution in [0.3, 0.4) is 0 Å². The van der Waals surface area contributed by atoms with Crippen molar-refractivity contribution in [3.63, 3.8) is 0 Å². The first-order valence-corrected chi connectivity index (χ1v) is 9.24. The van der Waals surface area contributed by atoms with E-state index in [0.717, 1.165) is 24.0 Å². The molecule has 1 saturated carbocycles. The summed E-state index contributed by atoms with van der Waals surface area (Å²) in [5, 5.41) is 3.03. The number of carbonyl (C=O) groups excluding carboxylic acids is 1. The molecule has 0 spiro atoms. The first-order valence-electron chi connectivity index (χ1n) is 7.75. The second kappa shape index (κ2) is 7.74. The Morgan fingerprint density at radius 2 is 1.95 bits per heavy atom. The van der Waals surface area contributed by atoms with Crippen LogP contribution >= 0.6 is 0 Å². The highest BCUT2D eigenvalue weighted by Crippen LogP contribution is 2.17. The maximum Gasteiger partial charge on any atom is 0.232 e. The van der Waals surface area contributed by atoms with Gasteiger partial charge in [0.2, 0.25) is 5.91 Å². The molecular formula is C17H25NO2S. The Balaban J connectivity index is 1.83. The van der Waals surface area contributed by atoms with Gasteiger partial charge in [0.25, 0.3) is 0 Å². The van der Waals surface area contributed by atoms with E-state index in [0.29, 0.717) is 11.8 Å². The van der Waals surface area contributed by atoms with Gasteiger partial charge in [-0.15, -0.1) is 0 Å². The predicted molar refractivity (Wildman–Crippen MR) is 87.6 cm³/mol. The summed E-state index contributed by atoms with van der Waals surface area (Å²) >= 11 is 0. The van der Waals surface area contributed by atoms with Gasteiger partial charge in [0, 0.05) is 22.6 Å². The summed E-state index contributed by atoms with van der Waals surface area (Å²) in [6, 6.07) is 6.46. The lowest BCUT2D eigenvalue weighted by molar-refractivity contribution is -0.119. The number of hydrogen-bond donors (Lipinski definition) is 1. The second-order valence-electron chi connectivity index (χ2n) is 6.06. The molecule has 1 aromatic carbocycles. The zero-order valence-electron chi connectivity index (χ0n) is 13.0. The maximum absolute atomic E-state index is 12.2. The Hall–Kier alpha value is -1.16. The van der Waals surface area contributed by atoms with Crippen molar-refractivity contribution in [1.29, 1.82) is 0 Å². The van der Waals surface area contributed by atoms with Crippen molar-refractivity contribution in [2.75, 3.05) is 5.75 Å². The third-order valence-electron chi connectivity index (χ3n) is 4.08. The number of benzene rings is 1. The smallest absolute Gasteiger partial charge is 0.232 e. The summed E-state index contributed by atoms with van der Waals surface area (Å²) in [5.41, 5.74) is 3.39. The molecule has 1 N–H and O–H groups in total. The molecule has 21 heavy (non-hydrogen) atoms. The highest BCUT2D eigenvalue weighted by molar-refractivity contribution is 7.84. The average molecular weight is 307 g/mol. The van der Waals surface area contributed by atoms with E-state index in [1.807, 2.05) is 19.9 Å². The van der Waals surface area contributed by atoms with Crippen molar-refractivity contribution >= 4 is 16.7 Å². The zero-order chi connectivity index (χ0) is 15.2. The monoisotopic (exact) mass is 307 g/mol. The molecule has 1 aliphatic rings. The molecule has 2 rings (SSSR count). The Bertz CT molecular complexity index is 522. The minimum atomic E-state index is -1.14. The molecule has 0 saturated heterocycles. The number of amides is 1. The first-order chi connectivity index (χ1) is 10.0. The van der Waals surface area contributed by atoms with Gasteiger partial charge < -0.3 is 5.32 Å². The van der Waals surface area contributed by atoms with Crippen molar-refractivity contribution in [3.8, 4) is 0 Å². The van der Waals surface area contributed by atoms with Gasteiger partial charge in [-0.2, -0.15) is 0 Å². The third-order valence-corrected chi connectivity index (χ3v) is 5.30. The van der Waals surface area contributed by atoms with Crippen LogP contribution in [0.1, 0.15) is 48.8 Å². The molecule has 0 radical (unpaired) electrons. The summed E-state index contributed by atoms with van der Waals surface area (Å²) in [4.78, 5) is 12.0. The van der Waals surface area contributed by atoms with Gasteiger partial charge in [-0.3, -0.25) is 9.00 Å². The number of nitrogens with one attached hydrogen (secondary N) is 1. The van der Waals surface area contributed by atoms with Crippen LogP contribution < -0.4 is 5.32 Å². The molecule has 1 aliphatic carbocycles. The van der Waals surface area contributed by atoms with Gasteiger partial charge in [-0.1, -0.05) is 43.0 Å². The highest BCUT2D eigenvalue weighted by atomic mass is 32.2. The molecule has 0 heterocycles. The van der Waals surface area contributed by atoms with E-state index in [4.69, 9.17) is 0 Å². The Morgan fingerprint density at radius 1 is 1.24 bits per heavy atom. The van der Waals surface area contributed by atoms with Crippen LogP contribution in [0, 0.1) is 13.8 Å². The largest absolute Gasteiger partial charge is 0.353 e. The van der Waals surface area contributed by atoms with Crippen LogP contribution in [0.25, 0.3) is 0 Å². The molecule has 0 aromatic heterocycles. The minimum absolute atomic E-state index is 0.0643. The minimum Gasteiger partial charge on any atom is -0.353 e. The summed E-state index contributed by atoms with van der Waals surface area (Å²) in [5.74, 6) is 0.515. The van der Waals surface area contributed by atoms with E-state index in [2.05, 4.69) is 17.4 Å². The summed E-state index contributed by atoms with van der Waals surface area (Å²) in [6.07, 6.45) is 5.78. The number of hydrogen-bond acceptors (Lipinski definition) is 2. The fraction of sp³-hybridized carbons (Fsp3) is 0.588. The summed E-state index contributed by atoms with van der Waals surface area (Å²) in [7, 11) is -1.14. The molecular weight excluding hydrogens is 282 g/mol. The molecule has 1 atom stereocenters. The van der Waals surface area contributed by atoms with Crippen LogP contribution in [0.15, 0.2) is 18.2 Å². The summed E-state index contributed by atoms with van der Waals surface area (Å²) in [6.45, 7) is 4.05. The van der Waals surface area contributed by atoms with Gasteiger partial charge in [0.15, 0.2) is 0 Å². The summed E-state index contributed by atoms with van der Waals surface area (Å²) < 4.78 is 12.2. The van der Waals surface area contributed by atoms with Crippen LogP contribution in [-0.4, -0.2) is 21.9 Å². The second-order valence-corrected chi connectivity index (χ2v) is 7.52. The number of aryl methyl sites for hydroxylation is 2. The molecule has 3 nitrogen and oxygen atoms in total. The van der Waals surface area contributed by atoms with Gasteiger partial charge in [0.05, 0.1) is 0 Å². The molecule has 4 heteroatoms. The van der Waals surface area contributed by atoms with Crippen LogP contribution in [0.2, 0.25) is 0 Å². The molecule has 116 valence electrons. The lowest BCUT2D eigenvalue weighted by Crippen LogP contribution is -2.38. The molecule has 1 fully saturated rings.